The van der Waals surface area contributed by atoms with Crippen LogP contribution in [-0.2, 0) is 23.7 Å². The van der Waals surface area contributed by atoms with Crippen molar-refractivity contribution < 1.29 is 28.1 Å². The molecule has 6 heteroatoms. The topological polar surface area (TPSA) is 46.2 Å². The van der Waals surface area contributed by atoms with Crippen LogP contribution in [-0.4, -0.2) is 49.0 Å². The van der Waals surface area contributed by atoms with E-state index in [4.69, 9.17) is 23.7 Å². The fourth-order valence-corrected chi connectivity index (χ4v) is 2.82. The largest absolute Gasteiger partial charge is 0.342 e. The Morgan fingerprint density at radius 2 is 1.39 bits per heavy atom. The van der Waals surface area contributed by atoms with E-state index in [9.17, 15) is 4.39 Å². The predicted molar refractivity (Wildman–Crippen MR) is 58.5 cm³/mol. The maximum absolute atomic E-state index is 13.1. The molecule has 3 fully saturated rings. The fraction of sp³-hybridized carbons (Fsp3) is 1.00. The molecule has 18 heavy (non-hydrogen) atoms. The Bertz CT molecular complexity index is 345. The first kappa shape index (κ1) is 12.7. The average Bonchev–Trinajstić information content (AvgIpc) is 2.71. The highest BCUT2D eigenvalue weighted by Crippen LogP contribution is 2.43. The number of rotatable bonds is 1. The lowest BCUT2D eigenvalue weighted by Gasteiger charge is -2.35. The molecule has 0 N–H and O–H groups in total. The minimum atomic E-state index is -0.753. The lowest BCUT2D eigenvalue weighted by atomic mass is 10.00. The molecule has 0 spiro atoms. The summed E-state index contributed by atoms with van der Waals surface area (Å²) in [5.74, 6) is -1.50. The molecule has 0 saturated carbocycles. The minimum absolute atomic E-state index is 0.360. The maximum atomic E-state index is 13.1. The average molecular weight is 262 g/mol. The fourth-order valence-electron chi connectivity index (χ4n) is 2.82. The van der Waals surface area contributed by atoms with Crippen molar-refractivity contribution in [1.82, 2.24) is 0 Å². The van der Waals surface area contributed by atoms with Gasteiger partial charge >= 0.3 is 0 Å². The number of fused-ring (bicyclic) bond motifs is 3. The van der Waals surface area contributed by atoms with Crippen molar-refractivity contribution in [1.29, 1.82) is 0 Å². The summed E-state index contributed by atoms with van der Waals surface area (Å²) >= 11 is 0. The van der Waals surface area contributed by atoms with Gasteiger partial charge in [0.05, 0.1) is 0 Å². The van der Waals surface area contributed by atoms with Crippen LogP contribution >= 0.6 is 0 Å². The van der Waals surface area contributed by atoms with Gasteiger partial charge in [-0.25, -0.2) is 4.39 Å². The molecule has 5 unspecified atom stereocenters. The van der Waals surface area contributed by atoms with Gasteiger partial charge in [-0.15, -0.1) is 0 Å². The third kappa shape index (κ3) is 1.96. The van der Waals surface area contributed by atoms with Crippen molar-refractivity contribution in [2.24, 2.45) is 0 Å². The highest BCUT2D eigenvalue weighted by molar-refractivity contribution is 4.99. The summed E-state index contributed by atoms with van der Waals surface area (Å²) in [5, 5.41) is 0. The van der Waals surface area contributed by atoms with E-state index in [2.05, 4.69) is 0 Å². The van der Waals surface area contributed by atoms with Gasteiger partial charge in [-0.05, 0) is 27.7 Å². The van der Waals surface area contributed by atoms with Gasteiger partial charge in [0.2, 0.25) is 0 Å². The molecule has 0 aromatic heterocycles. The van der Waals surface area contributed by atoms with Gasteiger partial charge in [0.1, 0.15) is 31.1 Å². The lowest BCUT2D eigenvalue weighted by molar-refractivity contribution is -0.236. The monoisotopic (exact) mass is 262 g/mol. The summed E-state index contributed by atoms with van der Waals surface area (Å²) in [4.78, 5) is 0. The third-order valence-corrected chi connectivity index (χ3v) is 3.40. The van der Waals surface area contributed by atoms with Crippen LogP contribution in [0.15, 0.2) is 0 Å². The molecule has 0 radical (unpaired) electrons. The molecule has 5 atom stereocenters. The highest BCUT2D eigenvalue weighted by Gasteiger charge is 2.60. The quantitative estimate of drug-likeness (QED) is 0.714. The summed E-state index contributed by atoms with van der Waals surface area (Å²) in [6.45, 7) is 6.57. The zero-order valence-corrected chi connectivity index (χ0v) is 11.0. The van der Waals surface area contributed by atoms with E-state index in [0.29, 0.717) is 0 Å². The molecule has 3 aliphatic heterocycles. The van der Waals surface area contributed by atoms with Gasteiger partial charge in [-0.2, -0.15) is 0 Å². The Labute approximate surface area is 105 Å². The Balaban J connectivity index is 1.86. The molecule has 3 heterocycles. The standard InChI is InChI=1S/C12H19FO5/c1-11(2)15-7-6(5-13)14-10-9(8(7)16-11)17-12(3,4)18-10/h6-10H,5H2,1-4H3. The molecule has 104 valence electrons. The molecular formula is C12H19FO5. The second kappa shape index (κ2) is 3.86. The van der Waals surface area contributed by atoms with Gasteiger partial charge in [-0.3, -0.25) is 0 Å². The molecule has 5 nitrogen and oxygen atoms in total. The SMILES string of the molecule is CC1(C)OC2OC(CF)C3OC(C)(C)OC3C2O1. The van der Waals surface area contributed by atoms with E-state index in [0.717, 1.165) is 0 Å². The zero-order valence-electron chi connectivity index (χ0n) is 11.0. The van der Waals surface area contributed by atoms with Crippen molar-refractivity contribution in [3.8, 4) is 0 Å². The van der Waals surface area contributed by atoms with Crippen LogP contribution < -0.4 is 0 Å². The van der Waals surface area contributed by atoms with Crippen LogP contribution in [0, 0.1) is 0 Å². The molecule has 0 bridgehead atoms. The number of hydrogen-bond donors (Lipinski definition) is 0. The molecule has 3 rings (SSSR count). The van der Waals surface area contributed by atoms with Crippen molar-refractivity contribution in [3.05, 3.63) is 0 Å². The van der Waals surface area contributed by atoms with Crippen LogP contribution in [0.25, 0.3) is 0 Å². The van der Waals surface area contributed by atoms with E-state index in [1.165, 1.54) is 0 Å². The zero-order chi connectivity index (χ0) is 13.1. The summed E-state index contributed by atoms with van der Waals surface area (Å²) < 4.78 is 41.6. The van der Waals surface area contributed by atoms with E-state index < -0.39 is 36.7 Å². The van der Waals surface area contributed by atoms with Crippen LogP contribution in [0.4, 0.5) is 4.39 Å². The van der Waals surface area contributed by atoms with Crippen molar-refractivity contribution in [2.45, 2.75) is 70.0 Å². The van der Waals surface area contributed by atoms with Crippen LogP contribution in [0.1, 0.15) is 27.7 Å². The normalized spacial score (nSPS) is 48.8. The Morgan fingerprint density at radius 3 is 2.06 bits per heavy atom. The molecule has 3 aliphatic rings. The summed E-state index contributed by atoms with van der Waals surface area (Å²) in [5.41, 5.74) is 0. The molecule has 0 aromatic carbocycles. The molecule has 0 aromatic rings. The van der Waals surface area contributed by atoms with Crippen molar-refractivity contribution >= 4 is 0 Å². The number of hydrogen-bond acceptors (Lipinski definition) is 5. The van der Waals surface area contributed by atoms with E-state index in [-0.39, 0.29) is 12.2 Å². The van der Waals surface area contributed by atoms with Gasteiger partial charge in [-0.1, -0.05) is 0 Å². The number of halogens is 1. The van der Waals surface area contributed by atoms with Gasteiger partial charge in [0, 0.05) is 0 Å². The van der Waals surface area contributed by atoms with Crippen LogP contribution in [0.5, 0.6) is 0 Å². The third-order valence-electron chi connectivity index (χ3n) is 3.40. The van der Waals surface area contributed by atoms with Crippen molar-refractivity contribution in [2.75, 3.05) is 6.67 Å². The van der Waals surface area contributed by atoms with E-state index in [1.54, 1.807) is 27.7 Å². The lowest BCUT2D eigenvalue weighted by Crippen LogP contribution is -2.55. The second-order valence-electron chi connectivity index (χ2n) is 5.86. The summed E-state index contributed by atoms with van der Waals surface area (Å²) in [7, 11) is 0. The van der Waals surface area contributed by atoms with Crippen molar-refractivity contribution in [3.63, 3.8) is 0 Å². The van der Waals surface area contributed by atoms with Gasteiger partial charge < -0.3 is 23.7 Å². The smallest absolute Gasteiger partial charge is 0.190 e. The predicted octanol–water partition coefficient (Wildman–Crippen LogP) is 1.35. The first-order chi connectivity index (χ1) is 8.31. The first-order valence-electron chi connectivity index (χ1n) is 6.24. The van der Waals surface area contributed by atoms with Gasteiger partial charge in [0.25, 0.3) is 0 Å². The minimum Gasteiger partial charge on any atom is -0.342 e. The second-order valence-corrected chi connectivity index (χ2v) is 5.86. The Morgan fingerprint density at radius 1 is 0.833 bits per heavy atom. The Hall–Kier alpha value is -0.270. The van der Waals surface area contributed by atoms with E-state index >= 15 is 0 Å². The summed E-state index contributed by atoms with van der Waals surface area (Å²) in [6.07, 6.45) is -2.46. The molecule has 0 amide bonds. The van der Waals surface area contributed by atoms with Crippen LogP contribution in [0.2, 0.25) is 0 Å². The van der Waals surface area contributed by atoms with E-state index in [1.807, 2.05) is 0 Å². The molecule has 3 saturated heterocycles. The van der Waals surface area contributed by atoms with Gasteiger partial charge in [0.15, 0.2) is 17.9 Å². The Kier molecular flexibility index (Phi) is 2.74. The summed E-state index contributed by atoms with van der Waals surface area (Å²) in [6, 6.07) is 0. The first-order valence-corrected chi connectivity index (χ1v) is 6.24. The molecule has 0 aliphatic carbocycles. The highest BCUT2D eigenvalue weighted by atomic mass is 19.1. The number of alkyl halides is 1. The molecular weight excluding hydrogens is 243 g/mol. The maximum Gasteiger partial charge on any atom is 0.190 e. The van der Waals surface area contributed by atoms with Crippen LogP contribution in [0.3, 0.4) is 0 Å². The number of ether oxygens (including phenoxy) is 5.